The molecule has 0 unspecified atom stereocenters. The minimum absolute atomic E-state index is 0. The quantitative estimate of drug-likeness (QED) is 0.581. The van der Waals surface area contributed by atoms with Crippen LogP contribution in [0.2, 0.25) is 0 Å². The van der Waals surface area contributed by atoms with Crippen LogP contribution in [0.1, 0.15) is 1.43 Å². The molecule has 0 rings (SSSR count). The van der Waals surface area contributed by atoms with E-state index in [0.717, 1.165) is 0 Å². The Kier molecular flexibility index (Phi) is 6.09. The summed E-state index contributed by atoms with van der Waals surface area (Å²) in [4.78, 5) is 0. The summed E-state index contributed by atoms with van der Waals surface area (Å²) in [6.45, 7) is 0. The Hall–Kier alpha value is 0.130. The average Bonchev–Trinajstić information content (AvgIpc) is 1.90. The Balaban J connectivity index is -0.000000500. The zero-order valence-corrected chi connectivity index (χ0v) is 11.0. The Morgan fingerprint density at radius 3 is 1.25 bits per heavy atom. The molecule has 0 aromatic heterocycles. The largest absolute Gasteiger partial charge is 1.00 e. The van der Waals surface area contributed by atoms with E-state index in [1.165, 1.54) is 0 Å². The topological polar surface area (TPSA) is 71.4 Å². The summed E-state index contributed by atoms with van der Waals surface area (Å²) in [5, 5.41) is 23.8. The van der Waals surface area contributed by atoms with Gasteiger partial charge in [-0.3, -0.25) is 0 Å². The van der Waals surface area contributed by atoms with E-state index in [2.05, 4.69) is 0 Å². The molecule has 0 saturated carbocycles. The fourth-order valence-corrected chi connectivity index (χ4v) is 0.306. The van der Waals surface area contributed by atoms with Gasteiger partial charge in [0.05, 0.1) is 0 Å². The molecule has 0 aliphatic carbocycles. The van der Waals surface area contributed by atoms with Crippen molar-refractivity contribution in [1.29, 1.82) is 15.8 Å². The molecule has 0 aromatic rings. The SMILES string of the molecule is N#C[B-](C#N)(C#N)C(F)(F)F.[H+].[Rb]. The molecule has 3 nitrogen and oxygen atoms in total. The molecule has 0 amide bonds. The fourth-order valence-electron chi connectivity index (χ4n) is 0.306. The smallest absolute Gasteiger partial charge is 0.247 e. The summed E-state index contributed by atoms with van der Waals surface area (Å²) in [5.74, 6) is 2.01. The minimum atomic E-state index is -5.06. The molecule has 57 valence electrons. The van der Waals surface area contributed by atoms with E-state index in [4.69, 9.17) is 15.8 Å². The molecule has 0 aliphatic heterocycles. The van der Waals surface area contributed by atoms with Gasteiger partial charge in [-0.05, 0) is 0 Å². The Bertz CT molecular complexity index is 249. The molecule has 0 saturated heterocycles. The maximum absolute atomic E-state index is 11.7. The Labute approximate surface area is 117 Å². The Morgan fingerprint density at radius 1 is 1.00 bits per heavy atom. The number of rotatable bonds is 0. The first-order valence-electron chi connectivity index (χ1n) is 2.39. The van der Waals surface area contributed by atoms with E-state index in [-0.39, 0.29) is 59.6 Å². The van der Waals surface area contributed by atoms with E-state index < -0.39 is 12.2 Å². The zero-order valence-electron chi connectivity index (χ0n) is 7.05. The van der Waals surface area contributed by atoms with Gasteiger partial charge in [-0.2, -0.15) is 0 Å². The second-order valence-corrected chi connectivity index (χ2v) is 1.79. The van der Waals surface area contributed by atoms with Gasteiger partial charge in [-0.15, -0.1) is 17.9 Å². The van der Waals surface area contributed by atoms with Gasteiger partial charge in [0.25, 0.3) is 6.08 Å². The molecular formula is C4HBF3N3Rb. The summed E-state index contributed by atoms with van der Waals surface area (Å²) in [6.07, 6.45) is -9.24. The van der Waals surface area contributed by atoms with Crippen LogP contribution < -0.4 is 0 Å². The van der Waals surface area contributed by atoms with Crippen LogP contribution in [-0.4, -0.2) is 70.4 Å². The first kappa shape index (κ1) is 14.6. The van der Waals surface area contributed by atoms with Gasteiger partial charge in [0, 0.05) is 58.2 Å². The Morgan fingerprint density at radius 2 is 1.25 bits per heavy atom. The molecule has 0 spiro atoms. The van der Waals surface area contributed by atoms with E-state index in [9.17, 15) is 13.2 Å². The van der Waals surface area contributed by atoms with Crippen LogP contribution in [0.25, 0.3) is 0 Å². The molecule has 1 radical (unpaired) electrons. The molecule has 0 fully saturated rings. The first-order chi connectivity index (χ1) is 4.93. The maximum atomic E-state index is 11.7. The van der Waals surface area contributed by atoms with Gasteiger partial charge >= 0.3 is 7.57 Å². The molecule has 12 heavy (non-hydrogen) atoms. The molecule has 0 N–H and O–H groups in total. The van der Waals surface area contributed by atoms with Crippen LogP contribution in [0.3, 0.4) is 0 Å². The van der Waals surface area contributed by atoms with Crippen LogP contribution >= 0.6 is 0 Å². The average molecular weight is 244 g/mol. The van der Waals surface area contributed by atoms with Crippen LogP contribution in [0.15, 0.2) is 0 Å². The van der Waals surface area contributed by atoms with Gasteiger partial charge in [0.15, 0.2) is 0 Å². The van der Waals surface area contributed by atoms with Crippen molar-refractivity contribution in [2.75, 3.05) is 0 Å². The summed E-state index contributed by atoms with van der Waals surface area (Å²) in [7, 11) is 0. The number of halogens is 3. The number of nitriles is 3. The molecule has 8 heteroatoms. The predicted octanol–water partition coefficient (Wildman–Crippen LogP) is 0.457. The van der Waals surface area contributed by atoms with Crippen molar-refractivity contribution < 1.29 is 14.6 Å². The normalized spacial score (nSPS) is 10.0. The van der Waals surface area contributed by atoms with Crippen molar-refractivity contribution in [3.63, 3.8) is 0 Å². The third-order valence-corrected chi connectivity index (χ3v) is 1.07. The van der Waals surface area contributed by atoms with E-state index in [1.807, 2.05) is 0 Å². The summed E-state index contributed by atoms with van der Waals surface area (Å²) >= 11 is 0. The summed E-state index contributed by atoms with van der Waals surface area (Å²) < 4.78 is 35.2. The fraction of sp³-hybridized carbons (Fsp3) is 0.250. The van der Waals surface area contributed by atoms with Crippen molar-refractivity contribution in [2.24, 2.45) is 0 Å². The van der Waals surface area contributed by atoms with Crippen LogP contribution in [0.5, 0.6) is 0 Å². The molecule has 0 atom stereocenters. The van der Waals surface area contributed by atoms with E-state index >= 15 is 0 Å². The third kappa shape index (κ3) is 2.57. The van der Waals surface area contributed by atoms with Crippen molar-refractivity contribution in [3.8, 4) is 17.9 Å². The number of alkyl halides is 3. The van der Waals surface area contributed by atoms with E-state index in [1.54, 1.807) is 0 Å². The first-order valence-corrected chi connectivity index (χ1v) is 2.39. The molecule has 0 bridgehead atoms. The van der Waals surface area contributed by atoms with Gasteiger partial charge in [-0.1, -0.05) is 0 Å². The van der Waals surface area contributed by atoms with Crippen molar-refractivity contribution in [3.05, 3.63) is 0 Å². The minimum Gasteiger partial charge on any atom is -0.247 e. The number of hydrogen-bond acceptors (Lipinski definition) is 3. The molecule has 0 aromatic carbocycles. The molecule has 0 heterocycles. The zero-order chi connectivity index (χ0) is 9.12. The van der Waals surface area contributed by atoms with Gasteiger partial charge in [-0.25, -0.2) is 29.0 Å². The summed E-state index contributed by atoms with van der Waals surface area (Å²) in [5.41, 5.74) is 0. The van der Waals surface area contributed by atoms with Gasteiger partial charge in [0.1, 0.15) is 0 Å². The van der Waals surface area contributed by atoms with E-state index in [0.29, 0.717) is 17.9 Å². The van der Waals surface area contributed by atoms with Gasteiger partial charge < -0.3 is 0 Å². The summed E-state index contributed by atoms with van der Waals surface area (Å²) in [6, 6.07) is 0. The third-order valence-electron chi connectivity index (χ3n) is 1.07. The van der Waals surface area contributed by atoms with Gasteiger partial charge in [0.2, 0.25) is 0 Å². The second kappa shape index (κ2) is 4.99. The van der Waals surface area contributed by atoms with Crippen LogP contribution in [-0.2, 0) is 0 Å². The van der Waals surface area contributed by atoms with Crippen molar-refractivity contribution >= 4 is 64.3 Å². The predicted molar refractivity (Wildman–Crippen MR) is 35.5 cm³/mol. The number of nitrogens with zero attached hydrogens (tertiary/aromatic N) is 3. The molecular weight excluding hydrogens is 243 g/mol. The molecule has 0 aliphatic rings. The maximum Gasteiger partial charge on any atom is 1.00 e. The van der Waals surface area contributed by atoms with Crippen LogP contribution in [0, 0.1) is 33.7 Å². The second-order valence-electron chi connectivity index (χ2n) is 1.79. The monoisotopic (exact) mass is 244 g/mol. The van der Waals surface area contributed by atoms with Crippen molar-refractivity contribution in [2.45, 2.75) is 6.08 Å². The standard InChI is InChI=1S/C4BF3N3.Rb/c6-4(7,8)5(1-9,2-10)3-11;/q-1;/p+1. The van der Waals surface area contributed by atoms with Crippen molar-refractivity contribution in [1.82, 2.24) is 0 Å². The van der Waals surface area contributed by atoms with Crippen LogP contribution in [0.4, 0.5) is 13.2 Å². The number of hydrogen-bond donors (Lipinski definition) is 0.